The molecule has 0 aliphatic rings. The number of hydrogen-bond acceptors (Lipinski definition) is 2. The highest BCUT2D eigenvalue weighted by Crippen LogP contribution is 2.28. The molecule has 1 N–H and O–H groups in total. The zero-order valence-corrected chi connectivity index (χ0v) is 14.2. The lowest BCUT2D eigenvalue weighted by Gasteiger charge is -2.20. The van der Waals surface area contributed by atoms with Crippen molar-refractivity contribution in [1.29, 1.82) is 0 Å². The summed E-state index contributed by atoms with van der Waals surface area (Å²) in [6, 6.07) is 6.39. The van der Waals surface area contributed by atoms with Gasteiger partial charge in [0.05, 0.1) is 0 Å². The molecule has 1 aromatic heterocycles. The quantitative estimate of drug-likeness (QED) is 0.678. The van der Waals surface area contributed by atoms with Crippen molar-refractivity contribution in [2.45, 2.75) is 32.2 Å². The number of hydrogen-bond donors (Lipinski definition) is 1. The van der Waals surface area contributed by atoms with Gasteiger partial charge in [0.1, 0.15) is 11.6 Å². The number of thiophene rings is 1. The molecule has 1 atom stereocenters. The Bertz CT molecular complexity index is 549. The highest BCUT2D eigenvalue weighted by Gasteiger charge is 2.20. The molecular weight excluding hydrogens is 356 g/mol. The van der Waals surface area contributed by atoms with Gasteiger partial charge in [-0.05, 0) is 49.4 Å². The van der Waals surface area contributed by atoms with Crippen molar-refractivity contribution in [3.8, 4) is 0 Å². The molecule has 0 radical (unpaired) electrons. The Balaban J connectivity index is 2.18. The Labute approximate surface area is 136 Å². The van der Waals surface area contributed by atoms with E-state index in [2.05, 4.69) is 27.3 Å². The van der Waals surface area contributed by atoms with Gasteiger partial charge in [0.2, 0.25) is 0 Å². The molecule has 0 saturated carbocycles. The Hall–Kier alpha value is -0.780. The highest BCUT2D eigenvalue weighted by molar-refractivity contribution is 9.10. The summed E-state index contributed by atoms with van der Waals surface area (Å²) in [5.74, 6) is -0.997. The summed E-state index contributed by atoms with van der Waals surface area (Å²) in [4.78, 5) is 1.23. The maximum atomic E-state index is 14.1. The fourth-order valence-corrected chi connectivity index (χ4v) is 3.42. The molecule has 2 rings (SSSR count). The van der Waals surface area contributed by atoms with Crippen LogP contribution in [0.2, 0.25) is 0 Å². The van der Waals surface area contributed by atoms with Crippen LogP contribution in [0, 0.1) is 11.6 Å². The van der Waals surface area contributed by atoms with Crippen molar-refractivity contribution in [2.75, 3.05) is 6.54 Å². The second-order valence-electron chi connectivity index (χ2n) is 4.91. The fourth-order valence-electron chi connectivity index (χ4n) is 2.29. The predicted molar refractivity (Wildman–Crippen MR) is 87.7 cm³/mol. The third kappa shape index (κ3) is 4.59. The van der Waals surface area contributed by atoms with Crippen molar-refractivity contribution >= 4 is 27.3 Å². The van der Waals surface area contributed by atoms with Gasteiger partial charge in [-0.1, -0.05) is 28.9 Å². The summed E-state index contributed by atoms with van der Waals surface area (Å²) >= 11 is 4.79. The number of aryl methyl sites for hydroxylation is 1. The maximum absolute atomic E-state index is 14.1. The minimum atomic E-state index is -0.498. The number of rotatable bonds is 7. The summed E-state index contributed by atoms with van der Waals surface area (Å²) in [6.45, 7) is 2.78. The molecule has 0 bridgehead atoms. The van der Waals surface area contributed by atoms with Crippen LogP contribution in [0.4, 0.5) is 8.78 Å². The lowest BCUT2D eigenvalue weighted by molar-refractivity contribution is 0.446. The van der Waals surface area contributed by atoms with Crippen LogP contribution in [0.15, 0.2) is 34.1 Å². The Morgan fingerprint density at radius 1 is 1.29 bits per heavy atom. The van der Waals surface area contributed by atoms with Crippen molar-refractivity contribution in [2.24, 2.45) is 0 Å². The second-order valence-corrected chi connectivity index (χ2v) is 6.86. The lowest BCUT2D eigenvalue weighted by Crippen LogP contribution is -2.24. The number of benzene rings is 1. The van der Waals surface area contributed by atoms with Crippen LogP contribution < -0.4 is 5.32 Å². The van der Waals surface area contributed by atoms with Crippen LogP contribution in [0.5, 0.6) is 0 Å². The minimum Gasteiger partial charge on any atom is -0.310 e. The average molecular weight is 374 g/mol. The van der Waals surface area contributed by atoms with Crippen molar-refractivity contribution in [3.05, 3.63) is 56.2 Å². The van der Waals surface area contributed by atoms with E-state index in [0.717, 1.165) is 19.4 Å². The van der Waals surface area contributed by atoms with E-state index in [0.29, 0.717) is 10.9 Å². The molecule has 0 spiro atoms. The molecule has 0 amide bonds. The molecule has 2 aromatic rings. The third-order valence-corrected chi connectivity index (χ3v) is 4.69. The summed E-state index contributed by atoms with van der Waals surface area (Å²) in [5, 5.41) is 5.28. The molecule has 21 heavy (non-hydrogen) atoms. The summed E-state index contributed by atoms with van der Waals surface area (Å²) in [6.07, 6.45) is 2.42. The van der Waals surface area contributed by atoms with E-state index in [4.69, 9.17) is 0 Å². The minimum absolute atomic E-state index is 0.142. The molecule has 0 aliphatic carbocycles. The Morgan fingerprint density at radius 2 is 2.00 bits per heavy atom. The summed E-state index contributed by atoms with van der Waals surface area (Å²) in [7, 11) is 0. The first-order valence-corrected chi connectivity index (χ1v) is 8.69. The van der Waals surface area contributed by atoms with E-state index >= 15 is 0 Å². The molecular formula is C16H18BrF2NS. The van der Waals surface area contributed by atoms with Gasteiger partial charge >= 0.3 is 0 Å². The van der Waals surface area contributed by atoms with Crippen LogP contribution >= 0.6 is 27.3 Å². The zero-order valence-electron chi connectivity index (χ0n) is 11.8. The van der Waals surface area contributed by atoms with Gasteiger partial charge in [0.25, 0.3) is 0 Å². The van der Waals surface area contributed by atoms with E-state index in [-0.39, 0.29) is 11.6 Å². The maximum Gasteiger partial charge on any atom is 0.132 e. The molecule has 0 aliphatic heterocycles. The number of nitrogens with one attached hydrogen (secondary N) is 1. The monoisotopic (exact) mass is 373 g/mol. The molecule has 0 saturated heterocycles. The van der Waals surface area contributed by atoms with Gasteiger partial charge in [-0.3, -0.25) is 0 Å². The van der Waals surface area contributed by atoms with Gasteiger partial charge < -0.3 is 5.32 Å². The van der Waals surface area contributed by atoms with Crippen LogP contribution in [-0.2, 0) is 6.42 Å². The van der Waals surface area contributed by atoms with Gasteiger partial charge in [-0.25, -0.2) is 8.78 Å². The molecule has 114 valence electrons. The van der Waals surface area contributed by atoms with Gasteiger partial charge in [0, 0.05) is 21.0 Å². The van der Waals surface area contributed by atoms with E-state index < -0.39 is 11.6 Å². The van der Waals surface area contributed by atoms with E-state index in [9.17, 15) is 8.78 Å². The average Bonchev–Trinajstić information content (AvgIpc) is 2.93. The van der Waals surface area contributed by atoms with Crippen LogP contribution in [0.25, 0.3) is 0 Å². The van der Waals surface area contributed by atoms with Gasteiger partial charge in [-0.15, -0.1) is 11.3 Å². The predicted octanol–water partition coefficient (Wildman–Crippen LogP) is 5.46. The van der Waals surface area contributed by atoms with Crippen molar-refractivity contribution in [1.82, 2.24) is 5.32 Å². The largest absolute Gasteiger partial charge is 0.310 e. The first-order valence-electron chi connectivity index (χ1n) is 7.02. The van der Waals surface area contributed by atoms with Crippen LogP contribution in [0.1, 0.15) is 36.2 Å². The summed E-state index contributed by atoms with van der Waals surface area (Å²) < 4.78 is 28.7. The van der Waals surface area contributed by atoms with E-state index in [1.54, 1.807) is 11.3 Å². The highest BCUT2D eigenvalue weighted by atomic mass is 79.9. The molecule has 0 fully saturated rings. The molecule has 1 unspecified atom stereocenters. The van der Waals surface area contributed by atoms with E-state index in [1.165, 1.54) is 17.0 Å². The molecule has 1 nitrogen and oxygen atoms in total. The molecule has 1 aromatic carbocycles. The Morgan fingerprint density at radius 3 is 2.57 bits per heavy atom. The zero-order chi connectivity index (χ0) is 15.2. The topological polar surface area (TPSA) is 12.0 Å². The smallest absolute Gasteiger partial charge is 0.132 e. The lowest BCUT2D eigenvalue weighted by atomic mass is 10.00. The molecule has 1 heterocycles. The third-order valence-electron chi connectivity index (χ3n) is 3.29. The van der Waals surface area contributed by atoms with E-state index in [1.807, 2.05) is 18.4 Å². The SMILES string of the molecule is CCCNC(CCc1cccs1)c1c(F)cc(Br)cc1F. The number of halogens is 3. The molecule has 5 heteroatoms. The van der Waals surface area contributed by atoms with Crippen LogP contribution in [0.3, 0.4) is 0 Å². The fraction of sp³-hybridized carbons (Fsp3) is 0.375. The standard InChI is InChI=1S/C16H18BrF2NS/c1-2-7-20-15(6-5-12-4-3-8-21-12)16-13(18)9-11(17)10-14(16)19/h3-4,8-10,15,20H,2,5-7H2,1H3. The second kappa shape index (κ2) is 8.01. The first kappa shape index (κ1) is 16.6. The Kier molecular flexibility index (Phi) is 6.33. The van der Waals surface area contributed by atoms with Crippen molar-refractivity contribution in [3.63, 3.8) is 0 Å². The summed E-state index contributed by atoms with van der Waals surface area (Å²) in [5.41, 5.74) is 0.142. The normalized spacial score (nSPS) is 12.6. The first-order chi connectivity index (χ1) is 10.1. The van der Waals surface area contributed by atoms with Crippen molar-refractivity contribution < 1.29 is 8.78 Å². The van der Waals surface area contributed by atoms with Gasteiger partial charge in [0.15, 0.2) is 0 Å². The van der Waals surface area contributed by atoms with Gasteiger partial charge in [-0.2, -0.15) is 0 Å². The van der Waals surface area contributed by atoms with Crippen LogP contribution in [-0.4, -0.2) is 6.54 Å².